The first-order valence-corrected chi connectivity index (χ1v) is 9.68. The molecule has 4 rings (SSSR count). The van der Waals surface area contributed by atoms with E-state index in [1.807, 2.05) is 30.7 Å². The molecule has 136 valence electrons. The Bertz CT molecular complexity index is 884. The third-order valence-corrected chi connectivity index (χ3v) is 5.27. The summed E-state index contributed by atoms with van der Waals surface area (Å²) >= 11 is 1.59. The molecule has 26 heavy (non-hydrogen) atoms. The lowest BCUT2D eigenvalue weighted by Gasteiger charge is -2.30. The largest absolute Gasteiger partial charge is 0.420 e. The van der Waals surface area contributed by atoms with Crippen molar-refractivity contribution in [2.45, 2.75) is 38.5 Å². The summed E-state index contributed by atoms with van der Waals surface area (Å²) in [5.74, 6) is 1.98. The molecule has 3 aromatic heterocycles. The van der Waals surface area contributed by atoms with Crippen molar-refractivity contribution in [1.29, 1.82) is 0 Å². The minimum atomic E-state index is -0.108. The van der Waals surface area contributed by atoms with Crippen LogP contribution in [0, 0.1) is 0 Å². The standard InChI is InChI=1S/C18H20N4O3S/c1-11(2)15-8-14(21-25-15)18(23)22-6-3-4-12(9-22)16-19-20-17(24-16)13-5-7-26-10-13/h5,7-8,10-12H,3-4,6,9H2,1-2H3/t12-/m1/s1. The van der Waals surface area contributed by atoms with Crippen LogP contribution in [0.5, 0.6) is 0 Å². The molecule has 0 aromatic carbocycles. The third-order valence-electron chi connectivity index (χ3n) is 4.58. The second kappa shape index (κ2) is 7.03. The van der Waals surface area contributed by atoms with Gasteiger partial charge in [-0.2, -0.15) is 11.3 Å². The lowest BCUT2D eigenvalue weighted by molar-refractivity contribution is 0.0688. The van der Waals surface area contributed by atoms with Gasteiger partial charge in [0, 0.05) is 36.0 Å². The molecule has 7 nitrogen and oxygen atoms in total. The molecule has 1 amide bonds. The van der Waals surface area contributed by atoms with Gasteiger partial charge in [-0.3, -0.25) is 4.79 Å². The maximum absolute atomic E-state index is 12.7. The number of nitrogens with zero attached hydrogens (tertiary/aromatic N) is 4. The van der Waals surface area contributed by atoms with Crippen LogP contribution in [0.15, 0.2) is 31.8 Å². The van der Waals surface area contributed by atoms with Crippen LogP contribution < -0.4 is 0 Å². The molecule has 4 heterocycles. The summed E-state index contributed by atoms with van der Waals surface area (Å²) in [6, 6.07) is 3.69. The van der Waals surface area contributed by atoms with Crippen LogP contribution in [0.25, 0.3) is 11.5 Å². The van der Waals surface area contributed by atoms with Gasteiger partial charge in [-0.25, -0.2) is 0 Å². The number of piperidine rings is 1. The predicted octanol–water partition coefficient (Wildman–Crippen LogP) is 3.93. The topological polar surface area (TPSA) is 85.3 Å². The minimum absolute atomic E-state index is 0.0454. The zero-order valence-electron chi connectivity index (χ0n) is 14.7. The number of likely N-dealkylation sites (tertiary alicyclic amines) is 1. The molecule has 8 heteroatoms. The second-order valence-corrected chi connectivity index (χ2v) is 7.60. The summed E-state index contributed by atoms with van der Waals surface area (Å²) in [7, 11) is 0. The van der Waals surface area contributed by atoms with E-state index in [2.05, 4.69) is 15.4 Å². The quantitative estimate of drug-likeness (QED) is 0.690. The monoisotopic (exact) mass is 372 g/mol. The van der Waals surface area contributed by atoms with Crippen molar-refractivity contribution in [3.05, 3.63) is 40.2 Å². The molecule has 0 bridgehead atoms. The zero-order valence-corrected chi connectivity index (χ0v) is 15.5. The SMILES string of the molecule is CC(C)c1cc(C(=O)N2CCC[C@@H](c3nnc(-c4ccsc4)o3)C2)no1. The summed E-state index contributed by atoms with van der Waals surface area (Å²) in [6.45, 7) is 5.26. The van der Waals surface area contributed by atoms with E-state index in [9.17, 15) is 4.79 Å². The van der Waals surface area contributed by atoms with Gasteiger partial charge in [-0.05, 0) is 24.3 Å². The molecule has 0 saturated carbocycles. The number of carbonyl (C=O) groups is 1. The van der Waals surface area contributed by atoms with Gasteiger partial charge in [0.15, 0.2) is 5.69 Å². The molecule has 0 aliphatic carbocycles. The maximum Gasteiger partial charge on any atom is 0.276 e. The first-order chi connectivity index (χ1) is 12.6. The van der Waals surface area contributed by atoms with Crippen molar-refractivity contribution in [3.8, 4) is 11.5 Å². The van der Waals surface area contributed by atoms with E-state index in [4.69, 9.17) is 8.94 Å². The predicted molar refractivity (Wildman–Crippen MR) is 96.1 cm³/mol. The molecular formula is C18H20N4O3S. The Morgan fingerprint density at radius 2 is 2.27 bits per heavy atom. The van der Waals surface area contributed by atoms with Crippen LogP contribution in [-0.2, 0) is 0 Å². The highest BCUT2D eigenvalue weighted by molar-refractivity contribution is 7.08. The summed E-state index contributed by atoms with van der Waals surface area (Å²) < 4.78 is 11.1. The van der Waals surface area contributed by atoms with Crippen LogP contribution in [0.1, 0.15) is 60.7 Å². The van der Waals surface area contributed by atoms with Crippen LogP contribution in [0.4, 0.5) is 0 Å². The van der Waals surface area contributed by atoms with Gasteiger partial charge in [0.25, 0.3) is 5.91 Å². The fourth-order valence-electron chi connectivity index (χ4n) is 3.09. The number of rotatable bonds is 4. The van der Waals surface area contributed by atoms with Crippen LogP contribution in [0.2, 0.25) is 0 Å². The van der Waals surface area contributed by atoms with Crippen molar-refractivity contribution in [2.75, 3.05) is 13.1 Å². The third kappa shape index (κ3) is 3.29. The molecule has 1 fully saturated rings. The van der Waals surface area contributed by atoms with Crippen LogP contribution >= 0.6 is 11.3 Å². The van der Waals surface area contributed by atoms with E-state index in [1.54, 1.807) is 22.3 Å². The van der Waals surface area contributed by atoms with Crippen LogP contribution in [0.3, 0.4) is 0 Å². The summed E-state index contributed by atoms with van der Waals surface area (Å²) in [6.07, 6.45) is 1.81. The van der Waals surface area contributed by atoms with E-state index >= 15 is 0 Å². The molecule has 1 aliphatic heterocycles. The Hall–Kier alpha value is -2.48. The Kier molecular flexibility index (Phi) is 4.58. The molecule has 0 N–H and O–H groups in total. The number of aromatic nitrogens is 3. The smallest absolute Gasteiger partial charge is 0.276 e. The number of hydrogen-bond donors (Lipinski definition) is 0. The lowest BCUT2D eigenvalue weighted by Crippen LogP contribution is -2.39. The number of carbonyl (C=O) groups excluding carboxylic acids is 1. The Morgan fingerprint density at radius 1 is 1.38 bits per heavy atom. The average molecular weight is 372 g/mol. The van der Waals surface area contributed by atoms with Gasteiger partial charge in [0.2, 0.25) is 11.8 Å². The highest BCUT2D eigenvalue weighted by Crippen LogP contribution is 2.30. The molecule has 0 radical (unpaired) electrons. The Labute approximate surface area is 155 Å². The molecule has 3 aromatic rings. The highest BCUT2D eigenvalue weighted by atomic mass is 32.1. The molecule has 1 atom stereocenters. The number of thiophene rings is 1. The maximum atomic E-state index is 12.7. The fraction of sp³-hybridized carbons (Fsp3) is 0.444. The second-order valence-electron chi connectivity index (χ2n) is 6.82. The first kappa shape index (κ1) is 17.0. The van der Waals surface area contributed by atoms with E-state index in [0.717, 1.165) is 24.2 Å². The summed E-state index contributed by atoms with van der Waals surface area (Å²) in [4.78, 5) is 14.5. The van der Waals surface area contributed by atoms with Gasteiger partial charge in [-0.1, -0.05) is 19.0 Å². The van der Waals surface area contributed by atoms with Crippen molar-refractivity contribution in [3.63, 3.8) is 0 Å². The Balaban J connectivity index is 1.48. The van der Waals surface area contributed by atoms with E-state index in [0.29, 0.717) is 30.6 Å². The van der Waals surface area contributed by atoms with E-state index in [-0.39, 0.29) is 17.7 Å². The van der Waals surface area contributed by atoms with Crippen molar-refractivity contribution in [1.82, 2.24) is 20.3 Å². The highest BCUT2D eigenvalue weighted by Gasteiger charge is 2.30. The van der Waals surface area contributed by atoms with Gasteiger partial charge in [0.1, 0.15) is 5.76 Å². The normalized spacial score (nSPS) is 17.8. The molecule has 1 aliphatic rings. The summed E-state index contributed by atoms with van der Waals surface area (Å²) in [5.41, 5.74) is 1.29. The number of amides is 1. The first-order valence-electron chi connectivity index (χ1n) is 8.73. The van der Waals surface area contributed by atoms with Gasteiger partial charge in [0.05, 0.1) is 5.92 Å². The van der Waals surface area contributed by atoms with Crippen molar-refractivity contribution in [2.24, 2.45) is 0 Å². The molecule has 0 unspecified atom stereocenters. The van der Waals surface area contributed by atoms with Gasteiger partial charge in [-0.15, -0.1) is 10.2 Å². The van der Waals surface area contributed by atoms with Crippen molar-refractivity contribution < 1.29 is 13.7 Å². The van der Waals surface area contributed by atoms with Crippen molar-refractivity contribution >= 4 is 17.2 Å². The van der Waals surface area contributed by atoms with Crippen LogP contribution in [-0.4, -0.2) is 39.3 Å². The van der Waals surface area contributed by atoms with Gasteiger partial charge >= 0.3 is 0 Å². The van der Waals surface area contributed by atoms with E-state index < -0.39 is 0 Å². The minimum Gasteiger partial charge on any atom is -0.420 e. The molecular weight excluding hydrogens is 352 g/mol. The van der Waals surface area contributed by atoms with E-state index in [1.165, 1.54) is 0 Å². The zero-order chi connectivity index (χ0) is 18.1. The average Bonchev–Trinajstić information content (AvgIpc) is 3.42. The molecule has 1 saturated heterocycles. The summed E-state index contributed by atoms with van der Waals surface area (Å²) in [5, 5.41) is 16.2. The lowest BCUT2D eigenvalue weighted by atomic mass is 9.97. The molecule has 0 spiro atoms. The number of hydrogen-bond acceptors (Lipinski definition) is 7. The fourth-order valence-corrected chi connectivity index (χ4v) is 3.72. The Morgan fingerprint density at radius 3 is 3.00 bits per heavy atom. The van der Waals surface area contributed by atoms with Gasteiger partial charge < -0.3 is 13.8 Å².